The summed E-state index contributed by atoms with van der Waals surface area (Å²) in [6.45, 7) is 8.20. The first kappa shape index (κ1) is 14.1. The molecule has 1 heterocycles. The van der Waals surface area contributed by atoms with E-state index in [1.807, 2.05) is 32.0 Å². The number of nitrogens with one attached hydrogen (secondary N) is 1. The summed E-state index contributed by atoms with van der Waals surface area (Å²) in [4.78, 5) is 24.6. The fourth-order valence-corrected chi connectivity index (χ4v) is 2.22. The minimum atomic E-state index is -0.258. The van der Waals surface area contributed by atoms with Crippen molar-refractivity contribution in [1.82, 2.24) is 9.88 Å². The number of nitrogens with zero attached hydrogens (tertiary/aromatic N) is 1. The first-order valence-corrected chi connectivity index (χ1v) is 6.61. The maximum atomic E-state index is 12.5. The largest absolute Gasteiger partial charge is 0.347 e. The standard InChI is InChI=1S/C16H18N2O2/c1-4-8-17-15(19)14-10-12-7-6-11(3)9-13(12)16(20)18(14)5-2/h4,6-7,9-10H,1,5,8H2,2-3H3,(H,17,19). The van der Waals surface area contributed by atoms with Gasteiger partial charge in [0.15, 0.2) is 0 Å². The first-order valence-electron chi connectivity index (χ1n) is 6.61. The molecule has 104 valence electrons. The van der Waals surface area contributed by atoms with Gasteiger partial charge in [-0.3, -0.25) is 9.59 Å². The predicted octanol–water partition coefficient (Wildman–Crippen LogP) is 2.25. The summed E-state index contributed by atoms with van der Waals surface area (Å²) in [6, 6.07) is 7.42. The molecule has 0 bridgehead atoms. The van der Waals surface area contributed by atoms with Crippen molar-refractivity contribution in [3.8, 4) is 0 Å². The van der Waals surface area contributed by atoms with E-state index in [1.54, 1.807) is 12.1 Å². The molecule has 2 aromatic rings. The van der Waals surface area contributed by atoms with Gasteiger partial charge in [0, 0.05) is 18.5 Å². The maximum Gasteiger partial charge on any atom is 0.268 e. The molecule has 0 atom stereocenters. The van der Waals surface area contributed by atoms with E-state index in [9.17, 15) is 9.59 Å². The molecule has 20 heavy (non-hydrogen) atoms. The SMILES string of the molecule is C=CCNC(=O)c1cc2ccc(C)cc2c(=O)n1CC. The van der Waals surface area contributed by atoms with Crippen LogP contribution >= 0.6 is 0 Å². The van der Waals surface area contributed by atoms with Gasteiger partial charge in [-0.05, 0) is 31.4 Å². The quantitative estimate of drug-likeness (QED) is 0.866. The van der Waals surface area contributed by atoms with Gasteiger partial charge in [0.25, 0.3) is 11.5 Å². The number of amides is 1. The predicted molar refractivity (Wildman–Crippen MR) is 81.1 cm³/mol. The van der Waals surface area contributed by atoms with E-state index in [2.05, 4.69) is 11.9 Å². The third-order valence-electron chi connectivity index (χ3n) is 3.22. The third kappa shape index (κ3) is 2.50. The summed E-state index contributed by atoms with van der Waals surface area (Å²) in [6.07, 6.45) is 1.61. The molecule has 0 spiro atoms. The number of hydrogen-bond donors (Lipinski definition) is 1. The Morgan fingerprint density at radius 1 is 1.40 bits per heavy atom. The molecular weight excluding hydrogens is 252 g/mol. The van der Waals surface area contributed by atoms with Crippen LogP contribution in [-0.4, -0.2) is 17.0 Å². The van der Waals surface area contributed by atoms with Crippen molar-refractivity contribution in [3.05, 3.63) is 58.5 Å². The first-order chi connectivity index (χ1) is 9.58. The van der Waals surface area contributed by atoms with Crippen molar-refractivity contribution in [2.75, 3.05) is 6.54 Å². The number of aromatic nitrogens is 1. The number of pyridine rings is 1. The average Bonchev–Trinajstić information content (AvgIpc) is 2.45. The number of rotatable bonds is 4. The Morgan fingerprint density at radius 3 is 2.80 bits per heavy atom. The fraction of sp³-hybridized carbons (Fsp3) is 0.250. The van der Waals surface area contributed by atoms with E-state index >= 15 is 0 Å². The van der Waals surface area contributed by atoms with Crippen LogP contribution in [0.2, 0.25) is 0 Å². The summed E-state index contributed by atoms with van der Waals surface area (Å²) in [5, 5.41) is 4.14. The molecule has 4 nitrogen and oxygen atoms in total. The molecule has 1 aromatic heterocycles. The number of benzene rings is 1. The number of aryl methyl sites for hydroxylation is 1. The van der Waals surface area contributed by atoms with Crippen LogP contribution < -0.4 is 10.9 Å². The van der Waals surface area contributed by atoms with E-state index in [0.29, 0.717) is 24.2 Å². The van der Waals surface area contributed by atoms with Gasteiger partial charge in [-0.25, -0.2) is 0 Å². The second kappa shape index (κ2) is 5.74. The molecule has 4 heteroatoms. The summed E-state index contributed by atoms with van der Waals surface area (Å²) >= 11 is 0. The van der Waals surface area contributed by atoms with Crippen molar-refractivity contribution < 1.29 is 4.79 Å². The van der Waals surface area contributed by atoms with Gasteiger partial charge < -0.3 is 9.88 Å². The molecular formula is C16H18N2O2. The molecule has 0 aliphatic carbocycles. The van der Waals surface area contributed by atoms with Gasteiger partial charge in [-0.2, -0.15) is 0 Å². The van der Waals surface area contributed by atoms with Gasteiger partial charge in [-0.15, -0.1) is 6.58 Å². The smallest absolute Gasteiger partial charge is 0.268 e. The Bertz CT molecular complexity index is 729. The number of fused-ring (bicyclic) bond motifs is 1. The summed E-state index contributed by atoms with van der Waals surface area (Å²) in [5.74, 6) is -0.258. The molecule has 0 unspecified atom stereocenters. The van der Waals surface area contributed by atoms with Crippen LogP contribution in [0, 0.1) is 6.92 Å². The minimum absolute atomic E-state index is 0.127. The Balaban J connectivity index is 2.66. The molecule has 1 amide bonds. The van der Waals surface area contributed by atoms with Gasteiger partial charge in [0.1, 0.15) is 5.69 Å². The third-order valence-corrected chi connectivity index (χ3v) is 3.22. The van der Waals surface area contributed by atoms with E-state index in [4.69, 9.17) is 0 Å². The molecule has 1 N–H and O–H groups in total. The van der Waals surface area contributed by atoms with Crippen LogP contribution in [-0.2, 0) is 6.54 Å². The Labute approximate surface area is 117 Å². The zero-order valence-corrected chi connectivity index (χ0v) is 11.8. The van der Waals surface area contributed by atoms with Gasteiger partial charge in [0.05, 0.1) is 0 Å². The monoisotopic (exact) mass is 270 g/mol. The zero-order chi connectivity index (χ0) is 14.7. The molecule has 0 aliphatic heterocycles. The Kier molecular flexibility index (Phi) is 4.03. The second-order valence-electron chi connectivity index (χ2n) is 4.67. The van der Waals surface area contributed by atoms with Gasteiger partial charge in [-0.1, -0.05) is 23.8 Å². The summed E-state index contributed by atoms with van der Waals surface area (Å²) in [5.41, 5.74) is 1.29. The molecule has 0 saturated carbocycles. The highest BCUT2D eigenvalue weighted by molar-refractivity contribution is 5.96. The highest BCUT2D eigenvalue weighted by Gasteiger charge is 2.14. The van der Waals surface area contributed by atoms with Crippen molar-refractivity contribution in [1.29, 1.82) is 0 Å². The molecule has 0 fully saturated rings. The van der Waals surface area contributed by atoms with Crippen LogP contribution in [0.25, 0.3) is 10.8 Å². The normalized spacial score (nSPS) is 10.5. The zero-order valence-electron chi connectivity index (χ0n) is 11.8. The highest BCUT2D eigenvalue weighted by Crippen LogP contribution is 2.14. The maximum absolute atomic E-state index is 12.5. The lowest BCUT2D eigenvalue weighted by Crippen LogP contribution is -2.32. The van der Waals surface area contributed by atoms with Crippen molar-refractivity contribution in [3.63, 3.8) is 0 Å². The van der Waals surface area contributed by atoms with E-state index < -0.39 is 0 Å². The van der Waals surface area contributed by atoms with Crippen LogP contribution in [0.3, 0.4) is 0 Å². The summed E-state index contributed by atoms with van der Waals surface area (Å²) < 4.78 is 1.50. The average molecular weight is 270 g/mol. The van der Waals surface area contributed by atoms with Gasteiger partial charge in [0.2, 0.25) is 0 Å². The lowest BCUT2D eigenvalue weighted by molar-refractivity contribution is 0.0948. The van der Waals surface area contributed by atoms with Crippen LogP contribution in [0.1, 0.15) is 23.0 Å². The van der Waals surface area contributed by atoms with Crippen LogP contribution in [0.4, 0.5) is 0 Å². The molecule has 1 aromatic carbocycles. The van der Waals surface area contributed by atoms with E-state index in [1.165, 1.54) is 4.57 Å². The van der Waals surface area contributed by atoms with Gasteiger partial charge >= 0.3 is 0 Å². The van der Waals surface area contributed by atoms with Crippen LogP contribution in [0.15, 0.2) is 41.7 Å². The highest BCUT2D eigenvalue weighted by atomic mass is 16.2. The number of carbonyl (C=O) groups is 1. The van der Waals surface area contributed by atoms with Crippen molar-refractivity contribution in [2.24, 2.45) is 0 Å². The number of carbonyl (C=O) groups excluding carboxylic acids is 1. The lowest BCUT2D eigenvalue weighted by atomic mass is 10.1. The molecule has 0 aliphatic rings. The van der Waals surface area contributed by atoms with Crippen LogP contribution in [0.5, 0.6) is 0 Å². The number of hydrogen-bond acceptors (Lipinski definition) is 2. The Hall–Kier alpha value is -2.36. The Morgan fingerprint density at radius 2 is 2.15 bits per heavy atom. The fourth-order valence-electron chi connectivity index (χ4n) is 2.22. The van der Waals surface area contributed by atoms with E-state index in [0.717, 1.165) is 10.9 Å². The second-order valence-corrected chi connectivity index (χ2v) is 4.67. The lowest BCUT2D eigenvalue weighted by Gasteiger charge is -2.12. The molecule has 0 radical (unpaired) electrons. The van der Waals surface area contributed by atoms with Crippen molar-refractivity contribution >= 4 is 16.7 Å². The molecule has 0 saturated heterocycles. The summed E-state index contributed by atoms with van der Waals surface area (Å²) in [7, 11) is 0. The topological polar surface area (TPSA) is 51.1 Å². The van der Waals surface area contributed by atoms with E-state index in [-0.39, 0.29) is 11.5 Å². The van der Waals surface area contributed by atoms with Crippen molar-refractivity contribution in [2.45, 2.75) is 20.4 Å². The minimum Gasteiger partial charge on any atom is -0.347 e. The molecule has 2 rings (SSSR count).